The van der Waals surface area contributed by atoms with Crippen molar-refractivity contribution in [1.82, 2.24) is 4.90 Å². The standard InChI is InChI=1S/C23H25NO/c1-3-13-24(14-4-2)23(25)21-15-20-16-9-5-7-11-18(16)22(21)19-12-8-6-10-17(19)20/h5-12,15,20,22H,3-4,13-14H2,1-2H3. The van der Waals surface area contributed by atoms with Gasteiger partial charge in [-0.25, -0.2) is 0 Å². The van der Waals surface area contributed by atoms with Crippen LogP contribution >= 0.6 is 0 Å². The molecule has 5 rings (SSSR count). The van der Waals surface area contributed by atoms with Gasteiger partial charge >= 0.3 is 0 Å². The summed E-state index contributed by atoms with van der Waals surface area (Å²) < 4.78 is 0. The van der Waals surface area contributed by atoms with Crippen LogP contribution in [0.3, 0.4) is 0 Å². The molecule has 0 saturated carbocycles. The predicted molar refractivity (Wildman–Crippen MR) is 102 cm³/mol. The topological polar surface area (TPSA) is 20.3 Å². The van der Waals surface area contributed by atoms with Crippen molar-refractivity contribution < 1.29 is 4.79 Å². The monoisotopic (exact) mass is 331 g/mol. The summed E-state index contributed by atoms with van der Waals surface area (Å²) >= 11 is 0. The summed E-state index contributed by atoms with van der Waals surface area (Å²) in [5.41, 5.74) is 6.32. The van der Waals surface area contributed by atoms with E-state index in [1.54, 1.807) is 0 Å². The van der Waals surface area contributed by atoms with Crippen molar-refractivity contribution in [2.75, 3.05) is 13.1 Å². The molecule has 2 nitrogen and oxygen atoms in total. The Balaban J connectivity index is 1.80. The van der Waals surface area contributed by atoms with Crippen LogP contribution < -0.4 is 0 Å². The van der Waals surface area contributed by atoms with Crippen molar-refractivity contribution in [2.24, 2.45) is 0 Å². The number of benzene rings is 2. The van der Waals surface area contributed by atoms with E-state index >= 15 is 0 Å². The van der Waals surface area contributed by atoms with E-state index in [-0.39, 0.29) is 17.7 Å². The number of amides is 1. The number of carbonyl (C=O) groups excluding carboxylic acids is 1. The fourth-order valence-electron chi connectivity index (χ4n) is 4.47. The maximum absolute atomic E-state index is 13.3. The van der Waals surface area contributed by atoms with Gasteiger partial charge in [-0.05, 0) is 35.1 Å². The van der Waals surface area contributed by atoms with Gasteiger partial charge in [0, 0.05) is 30.5 Å². The molecule has 25 heavy (non-hydrogen) atoms. The van der Waals surface area contributed by atoms with E-state index in [1.165, 1.54) is 22.3 Å². The van der Waals surface area contributed by atoms with Crippen molar-refractivity contribution in [2.45, 2.75) is 38.5 Å². The number of carbonyl (C=O) groups is 1. The lowest BCUT2D eigenvalue weighted by Crippen LogP contribution is -2.38. The van der Waals surface area contributed by atoms with Crippen LogP contribution in [-0.2, 0) is 4.79 Å². The summed E-state index contributed by atoms with van der Waals surface area (Å²) in [7, 11) is 0. The predicted octanol–water partition coefficient (Wildman–Crippen LogP) is 4.85. The van der Waals surface area contributed by atoms with Crippen molar-refractivity contribution in [3.63, 3.8) is 0 Å². The first-order chi connectivity index (χ1) is 12.3. The van der Waals surface area contributed by atoms with Crippen molar-refractivity contribution in [3.8, 4) is 0 Å². The van der Waals surface area contributed by atoms with Crippen LogP contribution in [0.25, 0.3) is 0 Å². The molecule has 2 aromatic rings. The number of hydrogen-bond donors (Lipinski definition) is 0. The quantitative estimate of drug-likeness (QED) is 0.767. The van der Waals surface area contributed by atoms with Crippen LogP contribution in [0.5, 0.6) is 0 Å². The Bertz CT molecular complexity index is 782. The van der Waals surface area contributed by atoms with E-state index in [4.69, 9.17) is 0 Å². The van der Waals surface area contributed by atoms with Crippen LogP contribution in [-0.4, -0.2) is 23.9 Å². The molecule has 2 bridgehead atoms. The zero-order chi connectivity index (χ0) is 17.4. The minimum Gasteiger partial charge on any atom is -0.339 e. The van der Waals surface area contributed by atoms with Crippen LogP contribution in [0.4, 0.5) is 0 Å². The first-order valence-corrected chi connectivity index (χ1v) is 9.44. The molecule has 0 aliphatic heterocycles. The Morgan fingerprint density at radius 2 is 1.32 bits per heavy atom. The Kier molecular flexibility index (Phi) is 4.20. The van der Waals surface area contributed by atoms with Crippen molar-refractivity contribution in [1.29, 1.82) is 0 Å². The van der Waals surface area contributed by atoms with Gasteiger partial charge in [0.1, 0.15) is 0 Å². The molecule has 0 aromatic heterocycles. The van der Waals surface area contributed by atoms with Gasteiger partial charge in [-0.15, -0.1) is 0 Å². The number of hydrogen-bond acceptors (Lipinski definition) is 1. The third-order valence-electron chi connectivity index (χ3n) is 5.46. The molecule has 128 valence electrons. The van der Waals surface area contributed by atoms with E-state index in [9.17, 15) is 4.79 Å². The highest BCUT2D eigenvalue weighted by atomic mass is 16.2. The average Bonchev–Trinajstić information content (AvgIpc) is 2.67. The summed E-state index contributed by atoms with van der Waals surface area (Å²) in [6, 6.07) is 17.3. The van der Waals surface area contributed by atoms with Crippen molar-refractivity contribution >= 4 is 5.91 Å². The Hall–Kier alpha value is -2.35. The maximum Gasteiger partial charge on any atom is 0.250 e. The summed E-state index contributed by atoms with van der Waals surface area (Å²) in [6.07, 6.45) is 4.23. The third-order valence-corrected chi connectivity index (χ3v) is 5.46. The fourth-order valence-corrected chi connectivity index (χ4v) is 4.47. The molecule has 3 aliphatic carbocycles. The number of allylic oxidation sites excluding steroid dienone is 1. The molecule has 0 radical (unpaired) electrons. The van der Waals surface area contributed by atoms with Gasteiger partial charge in [-0.1, -0.05) is 68.5 Å². The lowest BCUT2D eigenvalue weighted by Gasteiger charge is -2.40. The molecule has 0 unspecified atom stereocenters. The molecule has 0 atom stereocenters. The van der Waals surface area contributed by atoms with Crippen LogP contribution in [0.1, 0.15) is 60.8 Å². The van der Waals surface area contributed by atoms with Crippen molar-refractivity contribution in [3.05, 3.63) is 82.4 Å². The van der Waals surface area contributed by atoms with E-state index in [0.717, 1.165) is 31.5 Å². The van der Waals surface area contributed by atoms with Gasteiger partial charge in [0.05, 0.1) is 0 Å². The molecular weight excluding hydrogens is 306 g/mol. The molecule has 3 aliphatic rings. The third kappa shape index (κ3) is 2.52. The number of nitrogens with zero attached hydrogens (tertiary/aromatic N) is 1. The molecule has 2 heteroatoms. The highest BCUT2D eigenvalue weighted by Crippen LogP contribution is 2.52. The Morgan fingerprint density at radius 3 is 1.80 bits per heavy atom. The van der Waals surface area contributed by atoms with E-state index in [1.807, 2.05) is 4.90 Å². The lowest BCUT2D eigenvalue weighted by molar-refractivity contribution is -0.127. The highest BCUT2D eigenvalue weighted by Gasteiger charge is 2.40. The maximum atomic E-state index is 13.3. The molecule has 0 N–H and O–H groups in total. The van der Waals surface area contributed by atoms with Crippen LogP contribution in [0, 0.1) is 0 Å². The molecule has 1 amide bonds. The fraction of sp³-hybridized carbons (Fsp3) is 0.348. The summed E-state index contributed by atoms with van der Waals surface area (Å²) in [5, 5.41) is 0. The summed E-state index contributed by atoms with van der Waals surface area (Å²) in [5.74, 6) is 0.519. The van der Waals surface area contributed by atoms with Gasteiger partial charge in [0.25, 0.3) is 0 Å². The van der Waals surface area contributed by atoms with Gasteiger partial charge in [0.15, 0.2) is 0 Å². The summed E-state index contributed by atoms with van der Waals surface area (Å²) in [6.45, 7) is 5.96. The first-order valence-electron chi connectivity index (χ1n) is 9.44. The largest absolute Gasteiger partial charge is 0.339 e. The Morgan fingerprint density at radius 1 is 0.840 bits per heavy atom. The normalized spacial score (nSPS) is 19.8. The molecular formula is C23H25NO. The van der Waals surface area contributed by atoms with Crippen LogP contribution in [0.2, 0.25) is 0 Å². The van der Waals surface area contributed by atoms with E-state index in [2.05, 4.69) is 68.5 Å². The van der Waals surface area contributed by atoms with E-state index < -0.39 is 0 Å². The molecule has 0 saturated heterocycles. The number of rotatable bonds is 5. The molecule has 2 aromatic carbocycles. The minimum atomic E-state index is 0.0844. The van der Waals surface area contributed by atoms with Gasteiger partial charge in [-0.2, -0.15) is 0 Å². The minimum absolute atomic E-state index is 0.0844. The second kappa shape index (κ2) is 6.51. The van der Waals surface area contributed by atoms with Crippen LogP contribution in [0.15, 0.2) is 60.2 Å². The molecule has 0 fully saturated rings. The first kappa shape index (κ1) is 16.1. The van der Waals surface area contributed by atoms with Gasteiger partial charge in [-0.3, -0.25) is 4.79 Å². The smallest absolute Gasteiger partial charge is 0.250 e. The van der Waals surface area contributed by atoms with E-state index in [0.29, 0.717) is 0 Å². The van der Waals surface area contributed by atoms with Gasteiger partial charge in [0.2, 0.25) is 5.91 Å². The zero-order valence-corrected chi connectivity index (χ0v) is 15.0. The zero-order valence-electron chi connectivity index (χ0n) is 15.0. The SMILES string of the molecule is CCCN(CCC)C(=O)C1=CC2c3ccccc3C1c1ccccc12. The lowest BCUT2D eigenvalue weighted by atomic mass is 9.64. The molecule has 0 spiro atoms. The molecule has 0 heterocycles. The summed E-state index contributed by atoms with van der Waals surface area (Å²) in [4.78, 5) is 15.4. The second-order valence-electron chi connectivity index (χ2n) is 7.08. The second-order valence-corrected chi connectivity index (χ2v) is 7.08. The highest BCUT2D eigenvalue weighted by molar-refractivity contribution is 5.98. The van der Waals surface area contributed by atoms with Gasteiger partial charge < -0.3 is 4.90 Å². The average molecular weight is 331 g/mol. The Labute approximate surface area is 150 Å².